The van der Waals surface area contributed by atoms with Crippen LogP contribution in [0.15, 0.2) is 10.6 Å². The quantitative estimate of drug-likeness (QED) is 0.785. The van der Waals surface area contributed by atoms with Crippen molar-refractivity contribution in [1.82, 2.24) is 9.72 Å². The van der Waals surface area contributed by atoms with Gasteiger partial charge in [0.2, 0.25) is 0 Å². The summed E-state index contributed by atoms with van der Waals surface area (Å²) < 4.78 is 6.53. The monoisotopic (exact) mass is 194 g/mol. The molecule has 0 aliphatic carbocycles. The molecule has 0 amide bonds. The average molecular weight is 194 g/mol. The van der Waals surface area contributed by atoms with E-state index < -0.39 is 5.97 Å². The third kappa shape index (κ3) is 1.02. The van der Waals surface area contributed by atoms with Crippen LogP contribution in [0.4, 0.5) is 0 Å². The maximum Gasteiger partial charge on any atom is 0.376 e. The molecule has 0 unspecified atom stereocenters. The van der Waals surface area contributed by atoms with Crippen molar-refractivity contribution >= 4 is 17.0 Å². The van der Waals surface area contributed by atoms with Gasteiger partial charge in [-0.1, -0.05) is 12.1 Å². The molecule has 0 bridgehead atoms. The van der Waals surface area contributed by atoms with E-state index in [0.29, 0.717) is 11.0 Å². The third-order valence-corrected chi connectivity index (χ3v) is 2.32. The summed E-state index contributed by atoms with van der Waals surface area (Å²) >= 11 is 0. The highest BCUT2D eigenvalue weighted by Gasteiger charge is 2.19. The molecule has 2 heterocycles. The minimum Gasteiger partial charge on any atom is -0.475 e. The lowest BCUT2D eigenvalue weighted by Gasteiger charge is -1.98. The molecule has 2 aromatic heterocycles. The fourth-order valence-corrected chi connectivity index (χ4v) is 1.59. The first-order valence-corrected chi connectivity index (χ1v) is 4.32. The molecular weight excluding hydrogens is 184 g/mol. The van der Waals surface area contributed by atoms with Crippen LogP contribution in [0.25, 0.3) is 11.0 Å². The number of carbonyl (C=O) groups is 1. The molecule has 0 radical (unpaired) electrons. The molecule has 0 aliphatic rings. The van der Waals surface area contributed by atoms with Crippen LogP contribution in [0.3, 0.4) is 0 Å². The Morgan fingerprint density at radius 2 is 2.43 bits per heavy atom. The van der Waals surface area contributed by atoms with Gasteiger partial charge < -0.3 is 14.2 Å². The number of aromatic nitrogens is 2. The Balaban J connectivity index is 2.76. The van der Waals surface area contributed by atoms with Crippen molar-refractivity contribution in [1.29, 1.82) is 0 Å². The Morgan fingerprint density at radius 1 is 1.71 bits per heavy atom. The number of hydrogen-bond acceptors (Lipinski definition) is 3. The van der Waals surface area contributed by atoms with Crippen LogP contribution in [0.2, 0.25) is 0 Å². The summed E-state index contributed by atoms with van der Waals surface area (Å²) in [5.74, 6) is -1.18. The van der Waals surface area contributed by atoms with Gasteiger partial charge >= 0.3 is 5.97 Å². The number of hydrogen-bond donors (Lipinski definition) is 1. The normalized spacial score (nSPS) is 11.0. The molecule has 2 rings (SSSR count). The SMILES string of the molecule is CCc1cc2noc(C(=O)O)c2n1C. The molecule has 0 spiro atoms. The fourth-order valence-electron chi connectivity index (χ4n) is 1.59. The van der Waals surface area contributed by atoms with Crippen molar-refractivity contribution in [2.45, 2.75) is 13.3 Å². The molecule has 0 fully saturated rings. The molecule has 2 aromatic rings. The largest absolute Gasteiger partial charge is 0.475 e. The van der Waals surface area contributed by atoms with Crippen molar-refractivity contribution in [2.75, 3.05) is 0 Å². The Morgan fingerprint density at radius 3 is 3.00 bits per heavy atom. The van der Waals surface area contributed by atoms with Gasteiger partial charge in [-0.3, -0.25) is 0 Å². The van der Waals surface area contributed by atoms with Gasteiger partial charge in [0.1, 0.15) is 11.0 Å². The van der Waals surface area contributed by atoms with E-state index in [2.05, 4.69) is 5.16 Å². The molecule has 74 valence electrons. The van der Waals surface area contributed by atoms with Gasteiger partial charge in [0.15, 0.2) is 0 Å². The lowest BCUT2D eigenvalue weighted by atomic mass is 10.3. The maximum absolute atomic E-state index is 10.8. The molecule has 0 atom stereocenters. The highest BCUT2D eigenvalue weighted by molar-refractivity contribution is 5.98. The smallest absolute Gasteiger partial charge is 0.376 e. The first kappa shape index (κ1) is 8.80. The summed E-state index contributed by atoms with van der Waals surface area (Å²) in [5, 5.41) is 12.5. The number of carboxylic acid groups (broad SMARTS) is 1. The van der Waals surface area contributed by atoms with Gasteiger partial charge in [-0.05, 0) is 12.5 Å². The lowest BCUT2D eigenvalue weighted by Crippen LogP contribution is -2.00. The zero-order valence-corrected chi connectivity index (χ0v) is 7.94. The second-order valence-electron chi connectivity index (χ2n) is 3.10. The van der Waals surface area contributed by atoms with Crippen molar-refractivity contribution < 1.29 is 14.4 Å². The number of carboxylic acids is 1. The predicted octanol–water partition coefficient (Wildman–Crippen LogP) is 1.43. The lowest BCUT2D eigenvalue weighted by molar-refractivity contribution is 0.0654. The third-order valence-electron chi connectivity index (χ3n) is 2.32. The highest BCUT2D eigenvalue weighted by atomic mass is 16.5. The van der Waals surface area contributed by atoms with Crippen LogP contribution in [-0.4, -0.2) is 20.8 Å². The molecular formula is C9H10N2O3. The van der Waals surface area contributed by atoms with Crippen molar-refractivity contribution in [3.8, 4) is 0 Å². The fraction of sp³-hybridized carbons (Fsp3) is 0.333. The van der Waals surface area contributed by atoms with Crippen LogP contribution >= 0.6 is 0 Å². The molecule has 5 heteroatoms. The van der Waals surface area contributed by atoms with Gasteiger partial charge in [-0.25, -0.2) is 4.79 Å². The molecule has 1 N–H and O–H groups in total. The van der Waals surface area contributed by atoms with Crippen LogP contribution in [-0.2, 0) is 13.5 Å². The standard InChI is InChI=1S/C9H10N2O3/c1-3-5-4-6-7(11(5)2)8(9(12)13)14-10-6/h4H,3H2,1-2H3,(H,12,13). The van der Waals surface area contributed by atoms with Crippen molar-refractivity contribution in [3.05, 3.63) is 17.5 Å². The zero-order valence-electron chi connectivity index (χ0n) is 7.94. The molecule has 5 nitrogen and oxygen atoms in total. The van der Waals surface area contributed by atoms with Gasteiger partial charge in [0.25, 0.3) is 5.76 Å². The number of aromatic carboxylic acids is 1. The Labute approximate surface area is 79.9 Å². The first-order valence-electron chi connectivity index (χ1n) is 4.32. The summed E-state index contributed by atoms with van der Waals surface area (Å²) in [5.41, 5.74) is 2.19. The van der Waals surface area contributed by atoms with Gasteiger partial charge in [-0.15, -0.1) is 0 Å². The predicted molar refractivity (Wildman–Crippen MR) is 49.3 cm³/mol. The summed E-state index contributed by atoms with van der Waals surface area (Å²) in [4.78, 5) is 10.8. The van der Waals surface area contributed by atoms with E-state index in [4.69, 9.17) is 9.63 Å². The van der Waals surface area contributed by atoms with Gasteiger partial charge in [0.05, 0.1) is 0 Å². The zero-order chi connectivity index (χ0) is 10.3. The van der Waals surface area contributed by atoms with Crippen LogP contribution in [0.5, 0.6) is 0 Å². The minimum absolute atomic E-state index is 0.0952. The minimum atomic E-state index is -1.09. The number of nitrogens with zero attached hydrogens (tertiary/aromatic N) is 2. The van der Waals surface area contributed by atoms with Crippen LogP contribution < -0.4 is 0 Å². The van der Waals surface area contributed by atoms with E-state index >= 15 is 0 Å². The Kier molecular flexibility index (Phi) is 1.80. The summed E-state index contributed by atoms with van der Waals surface area (Å²) in [6, 6.07) is 1.84. The Hall–Kier alpha value is -1.78. The topological polar surface area (TPSA) is 68.3 Å². The first-order chi connectivity index (χ1) is 6.65. The summed E-state index contributed by atoms with van der Waals surface area (Å²) in [6.07, 6.45) is 0.839. The Bertz CT molecular complexity index is 495. The summed E-state index contributed by atoms with van der Waals surface area (Å²) in [6.45, 7) is 2.01. The van der Waals surface area contributed by atoms with E-state index in [9.17, 15) is 4.79 Å². The average Bonchev–Trinajstić information content (AvgIpc) is 2.66. The molecule has 0 saturated heterocycles. The van der Waals surface area contributed by atoms with Gasteiger partial charge in [0, 0.05) is 12.7 Å². The van der Waals surface area contributed by atoms with Crippen LogP contribution in [0.1, 0.15) is 23.2 Å². The van der Waals surface area contributed by atoms with E-state index in [-0.39, 0.29) is 5.76 Å². The van der Waals surface area contributed by atoms with E-state index in [1.807, 2.05) is 20.0 Å². The van der Waals surface area contributed by atoms with Crippen molar-refractivity contribution in [3.63, 3.8) is 0 Å². The molecule has 0 saturated carbocycles. The number of rotatable bonds is 2. The number of fused-ring (bicyclic) bond motifs is 1. The van der Waals surface area contributed by atoms with Gasteiger partial charge in [-0.2, -0.15) is 0 Å². The summed E-state index contributed by atoms with van der Waals surface area (Å²) in [7, 11) is 1.81. The second kappa shape index (κ2) is 2.87. The molecule has 0 aliphatic heterocycles. The highest BCUT2D eigenvalue weighted by Crippen LogP contribution is 2.22. The number of aryl methyl sites for hydroxylation is 2. The van der Waals surface area contributed by atoms with E-state index in [0.717, 1.165) is 12.1 Å². The van der Waals surface area contributed by atoms with E-state index in [1.165, 1.54) is 0 Å². The van der Waals surface area contributed by atoms with Crippen molar-refractivity contribution in [2.24, 2.45) is 7.05 Å². The maximum atomic E-state index is 10.8. The second-order valence-corrected chi connectivity index (χ2v) is 3.10. The molecule has 0 aromatic carbocycles. The van der Waals surface area contributed by atoms with Crippen LogP contribution in [0, 0.1) is 0 Å². The van der Waals surface area contributed by atoms with E-state index in [1.54, 1.807) is 4.57 Å². The molecule has 14 heavy (non-hydrogen) atoms.